The predicted molar refractivity (Wildman–Crippen MR) is 91.4 cm³/mol. The van der Waals surface area contributed by atoms with Gasteiger partial charge in [0, 0.05) is 11.7 Å². The van der Waals surface area contributed by atoms with Crippen molar-refractivity contribution in [2.75, 3.05) is 13.2 Å². The highest BCUT2D eigenvalue weighted by Crippen LogP contribution is 2.30. The molecule has 3 aromatic rings. The van der Waals surface area contributed by atoms with E-state index in [0.717, 1.165) is 28.0 Å². The number of para-hydroxylation sites is 2. The molecule has 1 aromatic heterocycles. The van der Waals surface area contributed by atoms with Gasteiger partial charge in [-0.25, -0.2) is 0 Å². The molecule has 0 spiro atoms. The van der Waals surface area contributed by atoms with Crippen molar-refractivity contribution in [3.63, 3.8) is 0 Å². The fourth-order valence-electron chi connectivity index (χ4n) is 2.85. The molecule has 5 nitrogen and oxygen atoms in total. The molecule has 4 rings (SSSR count). The van der Waals surface area contributed by atoms with Crippen molar-refractivity contribution in [1.82, 2.24) is 10.3 Å². The van der Waals surface area contributed by atoms with E-state index in [2.05, 4.69) is 10.3 Å². The van der Waals surface area contributed by atoms with Crippen LogP contribution < -0.4 is 14.8 Å². The Bertz CT molecular complexity index is 872. The van der Waals surface area contributed by atoms with Gasteiger partial charge in [-0.1, -0.05) is 18.2 Å². The molecule has 0 bridgehead atoms. The number of amides is 1. The van der Waals surface area contributed by atoms with E-state index in [1.165, 1.54) is 0 Å². The van der Waals surface area contributed by atoms with Crippen LogP contribution in [0.3, 0.4) is 0 Å². The average Bonchev–Trinajstić information content (AvgIpc) is 3.07. The van der Waals surface area contributed by atoms with Gasteiger partial charge >= 0.3 is 0 Å². The van der Waals surface area contributed by atoms with Crippen molar-refractivity contribution in [3.8, 4) is 11.5 Å². The SMILES string of the molecule is O=C(Cc1ccc2[nH]ccc2c1)NCC1COc2ccccc2O1. The highest BCUT2D eigenvalue weighted by atomic mass is 16.6. The van der Waals surface area contributed by atoms with Crippen LogP contribution in [0.1, 0.15) is 5.56 Å². The summed E-state index contributed by atoms with van der Waals surface area (Å²) >= 11 is 0. The molecular formula is C19H18N2O3. The molecule has 1 aliphatic heterocycles. The van der Waals surface area contributed by atoms with Crippen LogP contribution in [0.25, 0.3) is 10.9 Å². The molecule has 0 radical (unpaired) electrons. The fourth-order valence-corrected chi connectivity index (χ4v) is 2.85. The van der Waals surface area contributed by atoms with Crippen LogP contribution in [0.2, 0.25) is 0 Å². The van der Waals surface area contributed by atoms with Crippen molar-refractivity contribution in [1.29, 1.82) is 0 Å². The zero-order valence-corrected chi connectivity index (χ0v) is 13.1. The number of rotatable bonds is 4. The maximum atomic E-state index is 12.2. The third-order valence-electron chi connectivity index (χ3n) is 4.08. The Hall–Kier alpha value is -2.95. The van der Waals surface area contributed by atoms with Gasteiger partial charge in [0.05, 0.1) is 13.0 Å². The predicted octanol–water partition coefficient (Wildman–Crippen LogP) is 2.67. The molecule has 122 valence electrons. The molecular weight excluding hydrogens is 304 g/mol. The van der Waals surface area contributed by atoms with Crippen LogP contribution in [0.5, 0.6) is 11.5 Å². The van der Waals surface area contributed by atoms with Crippen LogP contribution >= 0.6 is 0 Å². The molecule has 5 heteroatoms. The molecule has 1 atom stereocenters. The van der Waals surface area contributed by atoms with Crippen LogP contribution in [0, 0.1) is 0 Å². The number of benzene rings is 2. The molecule has 1 aliphatic rings. The summed E-state index contributed by atoms with van der Waals surface area (Å²) in [5.74, 6) is 1.45. The summed E-state index contributed by atoms with van der Waals surface area (Å²) in [5.41, 5.74) is 2.07. The number of aromatic nitrogens is 1. The van der Waals surface area contributed by atoms with Crippen molar-refractivity contribution in [2.45, 2.75) is 12.5 Å². The largest absolute Gasteiger partial charge is 0.486 e. The summed E-state index contributed by atoms with van der Waals surface area (Å²) in [6, 6.07) is 15.5. The number of ether oxygens (including phenoxy) is 2. The van der Waals surface area contributed by atoms with Gasteiger partial charge in [0.25, 0.3) is 0 Å². The zero-order chi connectivity index (χ0) is 16.4. The van der Waals surface area contributed by atoms with Crippen molar-refractivity contribution in [2.24, 2.45) is 0 Å². The number of carbonyl (C=O) groups is 1. The lowest BCUT2D eigenvalue weighted by atomic mass is 10.1. The Kier molecular flexibility index (Phi) is 3.83. The van der Waals surface area contributed by atoms with Gasteiger partial charge < -0.3 is 19.8 Å². The molecule has 24 heavy (non-hydrogen) atoms. The average molecular weight is 322 g/mol. The summed E-state index contributed by atoms with van der Waals surface area (Å²) < 4.78 is 11.5. The highest BCUT2D eigenvalue weighted by Gasteiger charge is 2.21. The van der Waals surface area contributed by atoms with Crippen LogP contribution in [0.15, 0.2) is 54.7 Å². The van der Waals surface area contributed by atoms with Gasteiger partial charge in [0.1, 0.15) is 12.7 Å². The first kappa shape index (κ1) is 14.6. The van der Waals surface area contributed by atoms with Crippen molar-refractivity contribution >= 4 is 16.8 Å². The van der Waals surface area contributed by atoms with E-state index in [1.807, 2.05) is 54.7 Å². The van der Waals surface area contributed by atoms with Crippen LogP contribution in [-0.4, -0.2) is 30.1 Å². The number of carbonyl (C=O) groups excluding carboxylic acids is 1. The summed E-state index contributed by atoms with van der Waals surface area (Å²) in [4.78, 5) is 15.3. The van der Waals surface area contributed by atoms with Gasteiger partial charge in [-0.2, -0.15) is 0 Å². The first-order valence-electron chi connectivity index (χ1n) is 7.99. The van der Waals surface area contributed by atoms with E-state index in [1.54, 1.807) is 0 Å². The highest BCUT2D eigenvalue weighted by molar-refractivity contribution is 5.83. The molecule has 2 heterocycles. The van der Waals surface area contributed by atoms with Crippen molar-refractivity contribution in [3.05, 3.63) is 60.3 Å². The van der Waals surface area contributed by atoms with Crippen LogP contribution in [-0.2, 0) is 11.2 Å². The number of nitrogens with one attached hydrogen (secondary N) is 2. The zero-order valence-electron chi connectivity index (χ0n) is 13.1. The van der Waals surface area contributed by atoms with E-state index in [-0.39, 0.29) is 12.0 Å². The lowest BCUT2D eigenvalue weighted by Crippen LogP contribution is -2.41. The number of hydrogen-bond donors (Lipinski definition) is 2. The third-order valence-corrected chi connectivity index (χ3v) is 4.08. The summed E-state index contributed by atoms with van der Waals surface area (Å²) in [6.45, 7) is 0.867. The standard InChI is InChI=1S/C19H18N2O3/c22-19(10-13-5-6-16-14(9-13)7-8-20-16)21-11-15-12-23-17-3-1-2-4-18(17)24-15/h1-9,15,20H,10-12H2,(H,21,22). The van der Waals surface area contributed by atoms with E-state index in [9.17, 15) is 4.79 Å². The molecule has 1 amide bonds. The maximum absolute atomic E-state index is 12.2. The molecule has 0 saturated carbocycles. The van der Waals surface area contributed by atoms with Gasteiger partial charge in [0.15, 0.2) is 11.5 Å². The van der Waals surface area contributed by atoms with Gasteiger partial charge in [-0.05, 0) is 41.3 Å². The quantitative estimate of drug-likeness (QED) is 0.776. The second-order valence-electron chi connectivity index (χ2n) is 5.88. The minimum Gasteiger partial charge on any atom is -0.486 e. The summed E-state index contributed by atoms with van der Waals surface area (Å²) in [6.07, 6.45) is 2.08. The van der Waals surface area contributed by atoms with E-state index in [0.29, 0.717) is 19.6 Å². The van der Waals surface area contributed by atoms with Crippen molar-refractivity contribution < 1.29 is 14.3 Å². The fraction of sp³-hybridized carbons (Fsp3) is 0.211. The Labute approximate surface area is 139 Å². The van der Waals surface area contributed by atoms with Gasteiger partial charge in [0.2, 0.25) is 5.91 Å². The Balaban J connectivity index is 1.32. The lowest BCUT2D eigenvalue weighted by molar-refractivity contribution is -0.120. The number of hydrogen-bond acceptors (Lipinski definition) is 3. The first-order chi connectivity index (χ1) is 11.8. The summed E-state index contributed by atoms with van der Waals surface area (Å²) in [5, 5.41) is 4.03. The molecule has 0 fully saturated rings. The van der Waals surface area contributed by atoms with Gasteiger partial charge in [-0.15, -0.1) is 0 Å². The van der Waals surface area contributed by atoms with E-state index >= 15 is 0 Å². The molecule has 0 saturated heterocycles. The number of H-pyrrole nitrogens is 1. The number of fused-ring (bicyclic) bond motifs is 2. The van der Waals surface area contributed by atoms with E-state index in [4.69, 9.17) is 9.47 Å². The lowest BCUT2D eigenvalue weighted by Gasteiger charge is -2.26. The molecule has 0 aliphatic carbocycles. The third kappa shape index (κ3) is 3.06. The first-order valence-corrected chi connectivity index (χ1v) is 7.99. The topological polar surface area (TPSA) is 63.4 Å². The Morgan fingerprint density at radius 1 is 1.17 bits per heavy atom. The van der Waals surface area contributed by atoms with Gasteiger partial charge in [-0.3, -0.25) is 4.79 Å². The normalized spacial score (nSPS) is 16.1. The Morgan fingerprint density at radius 2 is 2.04 bits per heavy atom. The molecule has 2 aromatic carbocycles. The van der Waals surface area contributed by atoms with E-state index < -0.39 is 0 Å². The minimum atomic E-state index is -0.170. The Morgan fingerprint density at radius 3 is 2.96 bits per heavy atom. The summed E-state index contributed by atoms with van der Waals surface area (Å²) in [7, 11) is 0. The monoisotopic (exact) mass is 322 g/mol. The smallest absolute Gasteiger partial charge is 0.224 e. The number of aromatic amines is 1. The second-order valence-corrected chi connectivity index (χ2v) is 5.88. The minimum absolute atomic E-state index is 0.0210. The molecule has 2 N–H and O–H groups in total. The maximum Gasteiger partial charge on any atom is 0.224 e. The molecule has 1 unspecified atom stereocenters. The second kappa shape index (κ2) is 6.28. The van der Waals surface area contributed by atoms with Crippen LogP contribution in [0.4, 0.5) is 0 Å².